The largest absolute Gasteiger partial charge is 0.472 e. The number of carbonyl (C=O) groups is 1. The molecule has 4 nitrogen and oxygen atoms in total. The van der Waals surface area contributed by atoms with Crippen molar-refractivity contribution in [3.63, 3.8) is 0 Å². The summed E-state index contributed by atoms with van der Waals surface area (Å²) in [7, 11) is 4.06. The first-order chi connectivity index (χ1) is 12.1. The first-order valence-electron chi connectivity index (χ1n) is 8.32. The molecule has 128 valence electrons. The predicted molar refractivity (Wildman–Crippen MR) is 100 cm³/mol. The molecule has 0 bridgehead atoms. The fraction of sp³-hybridized carbons (Fsp3) is 0.250. The zero-order chi connectivity index (χ0) is 17.4. The second-order valence-electron chi connectivity index (χ2n) is 6.46. The number of hydrogen-bond acceptors (Lipinski definition) is 4. The minimum Gasteiger partial charge on any atom is -0.472 e. The molecule has 4 rings (SSSR count). The molecule has 1 amide bonds. The second-order valence-corrected chi connectivity index (χ2v) is 7.41. The molecule has 2 aromatic heterocycles. The number of fused-ring (bicyclic) bond motifs is 1. The van der Waals surface area contributed by atoms with E-state index in [0.717, 1.165) is 17.7 Å². The van der Waals surface area contributed by atoms with Crippen LogP contribution in [0.5, 0.6) is 0 Å². The van der Waals surface area contributed by atoms with Crippen molar-refractivity contribution < 1.29 is 9.21 Å². The van der Waals surface area contributed by atoms with E-state index in [0.29, 0.717) is 12.1 Å². The molecule has 1 aliphatic heterocycles. The SMILES string of the molecule is CN(C)c1ccc(C2c3sccc3CCN2C(=O)c2ccoc2)cc1. The van der Waals surface area contributed by atoms with Gasteiger partial charge in [-0.1, -0.05) is 12.1 Å². The van der Waals surface area contributed by atoms with E-state index >= 15 is 0 Å². The molecule has 5 heteroatoms. The molecule has 1 aromatic carbocycles. The first-order valence-corrected chi connectivity index (χ1v) is 9.20. The molecule has 3 aromatic rings. The monoisotopic (exact) mass is 352 g/mol. The van der Waals surface area contributed by atoms with Crippen LogP contribution in [0.3, 0.4) is 0 Å². The molecule has 0 fully saturated rings. The lowest BCUT2D eigenvalue weighted by atomic mass is 9.94. The van der Waals surface area contributed by atoms with Gasteiger partial charge in [-0.15, -0.1) is 11.3 Å². The van der Waals surface area contributed by atoms with Gasteiger partial charge in [-0.25, -0.2) is 0 Å². The fourth-order valence-electron chi connectivity index (χ4n) is 3.36. The average molecular weight is 352 g/mol. The third-order valence-corrected chi connectivity index (χ3v) is 5.73. The van der Waals surface area contributed by atoms with E-state index in [1.165, 1.54) is 16.7 Å². The number of carbonyl (C=O) groups excluding carboxylic acids is 1. The Morgan fingerprint density at radius 2 is 2.00 bits per heavy atom. The third kappa shape index (κ3) is 2.85. The molecular weight excluding hydrogens is 332 g/mol. The molecule has 3 heterocycles. The number of hydrogen-bond donors (Lipinski definition) is 0. The normalized spacial score (nSPS) is 16.6. The third-order valence-electron chi connectivity index (χ3n) is 4.72. The predicted octanol–water partition coefficient (Wildman–Crippen LogP) is 4.20. The van der Waals surface area contributed by atoms with Crippen molar-refractivity contribution in [2.45, 2.75) is 12.5 Å². The molecule has 0 spiro atoms. The second kappa shape index (κ2) is 6.41. The van der Waals surface area contributed by atoms with E-state index in [4.69, 9.17) is 4.42 Å². The Hall–Kier alpha value is -2.53. The van der Waals surface area contributed by atoms with Gasteiger partial charge in [-0.2, -0.15) is 0 Å². The van der Waals surface area contributed by atoms with Crippen molar-refractivity contribution in [3.05, 3.63) is 75.9 Å². The molecule has 0 saturated heterocycles. The molecule has 0 aliphatic carbocycles. The zero-order valence-electron chi connectivity index (χ0n) is 14.3. The van der Waals surface area contributed by atoms with E-state index in [1.54, 1.807) is 23.7 Å². The number of anilines is 1. The Kier molecular flexibility index (Phi) is 4.09. The lowest BCUT2D eigenvalue weighted by Gasteiger charge is -2.36. The molecule has 0 N–H and O–H groups in total. The summed E-state index contributed by atoms with van der Waals surface area (Å²) in [6, 6.07) is 12.4. The summed E-state index contributed by atoms with van der Waals surface area (Å²) in [6.07, 6.45) is 3.97. The van der Waals surface area contributed by atoms with Crippen LogP contribution in [-0.2, 0) is 6.42 Å². The Labute approximate surface area is 151 Å². The summed E-state index contributed by atoms with van der Waals surface area (Å²) in [5, 5.41) is 2.12. The zero-order valence-corrected chi connectivity index (χ0v) is 15.1. The van der Waals surface area contributed by atoms with Crippen molar-refractivity contribution in [1.29, 1.82) is 0 Å². The molecule has 0 radical (unpaired) electrons. The highest BCUT2D eigenvalue weighted by Gasteiger charge is 2.33. The summed E-state index contributed by atoms with van der Waals surface area (Å²) in [4.78, 5) is 18.3. The Morgan fingerprint density at radius 3 is 2.68 bits per heavy atom. The van der Waals surface area contributed by atoms with Gasteiger partial charge in [0.05, 0.1) is 17.9 Å². The summed E-state index contributed by atoms with van der Waals surface area (Å²) in [5.74, 6) is 0.0227. The molecular formula is C20H20N2O2S. The minimum absolute atomic E-state index is 0.0227. The van der Waals surface area contributed by atoms with Gasteiger partial charge in [0.25, 0.3) is 5.91 Å². The minimum atomic E-state index is -0.0395. The first kappa shape index (κ1) is 16.0. The van der Waals surface area contributed by atoms with Gasteiger partial charge in [0.1, 0.15) is 6.26 Å². The quantitative estimate of drug-likeness (QED) is 0.709. The fourth-order valence-corrected chi connectivity index (χ4v) is 4.45. The van der Waals surface area contributed by atoms with E-state index in [9.17, 15) is 4.79 Å². The van der Waals surface area contributed by atoms with Gasteiger partial charge in [0.15, 0.2) is 0 Å². The van der Waals surface area contributed by atoms with Crippen LogP contribution < -0.4 is 4.90 Å². The van der Waals surface area contributed by atoms with E-state index in [1.807, 2.05) is 19.0 Å². The van der Waals surface area contributed by atoms with Crippen LogP contribution in [0.1, 0.15) is 32.4 Å². The topological polar surface area (TPSA) is 36.7 Å². The maximum Gasteiger partial charge on any atom is 0.257 e. The van der Waals surface area contributed by atoms with Crippen LogP contribution in [0.4, 0.5) is 5.69 Å². The molecule has 1 aliphatic rings. The summed E-state index contributed by atoms with van der Waals surface area (Å²) < 4.78 is 5.11. The van der Waals surface area contributed by atoms with Crippen LogP contribution in [0.15, 0.2) is 58.7 Å². The number of thiophene rings is 1. The van der Waals surface area contributed by atoms with Crippen molar-refractivity contribution >= 4 is 22.9 Å². The number of furan rings is 1. The Bertz CT molecular complexity index is 866. The maximum atomic E-state index is 13.0. The van der Waals surface area contributed by atoms with Gasteiger partial charge in [0.2, 0.25) is 0 Å². The van der Waals surface area contributed by atoms with Crippen LogP contribution >= 0.6 is 11.3 Å². The number of nitrogens with zero attached hydrogens (tertiary/aromatic N) is 2. The molecule has 1 atom stereocenters. The standard InChI is InChI=1S/C20H20N2O2S/c1-21(2)17-5-3-14(4-6-17)18-19-15(9-12-25-19)7-10-22(18)20(23)16-8-11-24-13-16/h3-6,8-9,11-13,18H,7,10H2,1-2H3. The molecule has 25 heavy (non-hydrogen) atoms. The van der Waals surface area contributed by atoms with E-state index in [-0.39, 0.29) is 11.9 Å². The highest BCUT2D eigenvalue weighted by molar-refractivity contribution is 7.10. The smallest absolute Gasteiger partial charge is 0.257 e. The summed E-state index contributed by atoms with van der Waals surface area (Å²) >= 11 is 1.73. The van der Waals surface area contributed by atoms with Crippen LogP contribution in [0.2, 0.25) is 0 Å². The molecule has 1 unspecified atom stereocenters. The van der Waals surface area contributed by atoms with Crippen LogP contribution in [0.25, 0.3) is 0 Å². The highest BCUT2D eigenvalue weighted by Crippen LogP contribution is 2.39. The van der Waals surface area contributed by atoms with Gasteiger partial charge in [0, 0.05) is 31.2 Å². The number of benzene rings is 1. The Morgan fingerprint density at radius 1 is 1.20 bits per heavy atom. The lowest BCUT2D eigenvalue weighted by Crippen LogP contribution is -2.39. The van der Waals surface area contributed by atoms with Gasteiger partial charge in [-0.3, -0.25) is 4.79 Å². The van der Waals surface area contributed by atoms with Gasteiger partial charge < -0.3 is 14.2 Å². The summed E-state index contributed by atoms with van der Waals surface area (Å²) in [6.45, 7) is 0.716. The van der Waals surface area contributed by atoms with Gasteiger partial charge in [-0.05, 0) is 47.2 Å². The van der Waals surface area contributed by atoms with Crippen LogP contribution in [0, 0.1) is 0 Å². The summed E-state index contributed by atoms with van der Waals surface area (Å²) in [5.41, 5.74) is 4.25. The highest BCUT2D eigenvalue weighted by atomic mass is 32.1. The van der Waals surface area contributed by atoms with Crippen LogP contribution in [-0.4, -0.2) is 31.4 Å². The van der Waals surface area contributed by atoms with Gasteiger partial charge >= 0.3 is 0 Å². The number of rotatable bonds is 3. The van der Waals surface area contributed by atoms with Crippen molar-refractivity contribution in [3.8, 4) is 0 Å². The average Bonchev–Trinajstić information content (AvgIpc) is 3.31. The lowest BCUT2D eigenvalue weighted by molar-refractivity contribution is 0.0697. The van der Waals surface area contributed by atoms with Crippen molar-refractivity contribution in [1.82, 2.24) is 4.90 Å². The Balaban J connectivity index is 1.75. The molecule has 0 saturated carbocycles. The van der Waals surface area contributed by atoms with E-state index < -0.39 is 0 Å². The van der Waals surface area contributed by atoms with Crippen molar-refractivity contribution in [2.75, 3.05) is 25.5 Å². The van der Waals surface area contributed by atoms with E-state index in [2.05, 4.69) is 40.6 Å². The maximum absolute atomic E-state index is 13.0. The number of amides is 1. The van der Waals surface area contributed by atoms with Crippen molar-refractivity contribution in [2.24, 2.45) is 0 Å².